The highest BCUT2D eigenvalue weighted by Gasteiger charge is 2.19. The van der Waals surface area contributed by atoms with Crippen molar-refractivity contribution in [2.24, 2.45) is 11.5 Å². The number of piperidine rings is 1. The predicted octanol–water partition coefficient (Wildman–Crippen LogP) is 2.12. The Kier molecular flexibility index (Phi) is 11.8. The monoisotopic (exact) mass is 533 g/mol. The molecule has 2 aromatic heterocycles. The van der Waals surface area contributed by atoms with Gasteiger partial charge in [0, 0.05) is 50.6 Å². The van der Waals surface area contributed by atoms with Gasteiger partial charge in [0.25, 0.3) is 11.8 Å². The van der Waals surface area contributed by atoms with E-state index in [0.29, 0.717) is 10.8 Å². The second kappa shape index (κ2) is 14.6. The van der Waals surface area contributed by atoms with Gasteiger partial charge < -0.3 is 26.6 Å². The van der Waals surface area contributed by atoms with E-state index in [2.05, 4.69) is 39.5 Å². The number of primary amides is 1. The topological polar surface area (TPSA) is 148 Å². The maximum absolute atomic E-state index is 11.0. The fourth-order valence-corrected chi connectivity index (χ4v) is 4.61. The number of hydrogen-bond donors (Lipinski definition) is 3. The number of pyridine rings is 1. The summed E-state index contributed by atoms with van der Waals surface area (Å²) in [5.41, 5.74) is 12.4. The molecule has 2 aliphatic heterocycles. The molecule has 196 valence electrons. The minimum atomic E-state index is -0.489. The molecule has 0 bridgehead atoms. The molecular weight excluding hydrogens is 498 g/mol. The smallest absolute Gasteiger partial charge is 0.283 e. The second-order valence-corrected chi connectivity index (χ2v) is 10.1. The molecule has 0 aliphatic carbocycles. The number of amides is 3. The van der Waals surface area contributed by atoms with Crippen molar-refractivity contribution in [1.82, 2.24) is 19.8 Å². The number of fused-ring (bicyclic) bond motifs is 1. The van der Waals surface area contributed by atoms with Crippen LogP contribution in [0.3, 0.4) is 0 Å². The van der Waals surface area contributed by atoms with Gasteiger partial charge >= 0.3 is 0 Å². The minimum Gasteiger partial charge on any atom is -0.385 e. The summed E-state index contributed by atoms with van der Waals surface area (Å²) >= 11 is 5.92. The number of carbonyl (C=O) groups excluding carboxylic acids is 3. The maximum atomic E-state index is 11.0. The highest BCUT2D eigenvalue weighted by molar-refractivity contribution is 7.82. The van der Waals surface area contributed by atoms with Gasteiger partial charge in [0.15, 0.2) is 10.00 Å². The summed E-state index contributed by atoms with van der Waals surface area (Å²) in [6.45, 7) is 7.54. The molecule has 5 N–H and O–H groups in total. The molecule has 12 heteroatoms. The number of nitrogens with zero attached hydrogens (tertiary/aromatic N) is 4. The van der Waals surface area contributed by atoms with Crippen LogP contribution in [0.2, 0.25) is 0 Å². The molecule has 36 heavy (non-hydrogen) atoms. The van der Waals surface area contributed by atoms with Crippen LogP contribution in [0, 0.1) is 0 Å². The zero-order valence-corrected chi connectivity index (χ0v) is 22.7. The third-order valence-electron chi connectivity index (χ3n) is 5.63. The molecule has 0 aromatic carbocycles. The Morgan fingerprint density at radius 1 is 1.14 bits per heavy atom. The molecule has 4 heterocycles. The van der Waals surface area contributed by atoms with E-state index in [1.165, 1.54) is 35.5 Å². The highest BCUT2D eigenvalue weighted by atomic mass is 32.1. The van der Waals surface area contributed by atoms with Crippen molar-refractivity contribution >= 4 is 52.1 Å². The molecule has 0 saturated carbocycles. The van der Waals surface area contributed by atoms with Gasteiger partial charge in [-0.3, -0.25) is 14.4 Å². The Labute approximate surface area is 221 Å². The van der Waals surface area contributed by atoms with Gasteiger partial charge in [-0.15, -0.1) is 11.3 Å². The number of thiocarbonyl (C=S) groups is 1. The number of carbonyl (C=O) groups is 3. The number of aryl methyl sites for hydroxylation is 1. The third-order valence-corrected chi connectivity index (χ3v) is 6.91. The van der Waals surface area contributed by atoms with E-state index >= 15 is 0 Å². The minimum absolute atomic E-state index is 0.189. The molecule has 0 radical (unpaired) electrons. The summed E-state index contributed by atoms with van der Waals surface area (Å²) in [4.78, 5) is 46.0. The van der Waals surface area contributed by atoms with Crippen LogP contribution >= 0.6 is 23.6 Å². The van der Waals surface area contributed by atoms with E-state index < -0.39 is 11.8 Å². The van der Waals surface area contributed by atoms with Crippen LogP contribution in [0.15, 0.2) is 18.3 Å². The third kappa shape index (κ3) is 9.59. The van der Waals surface area contributed by atoms with Gasteiger partial charge in [0.05, 0.1) is 5.69 Å². The quantitative estimate of drug-likeness (QED) is 0.508. The van der Waals surface area contributed by atoms with Gasteiger partial charge in [-0.25, -0.2) is 9.97 Å². The summed E-state index contributed by atoms with van der Waals surface area (Å²) in [6, 6.07) is 3.61. The van der Waals surface area contributed by atoms with E-state index in [-0.39, 0.29) is 10.9 Å². The molecule has 2 aliphatic rings. The van der Waals surface area contributed by atoms with Crippen molar-refractivity contribution in [3.8, 4) is 0 Å². The Bertz CT molecular complexity index is 1050. The average Bonchev–Trinajstić information content (AvgIpc) is 3.29. The number of nitrogens with two attached hydrogens (primary N) is 2. The van der Waals surface area contributed by atoms with E-state index in [9.17, 15) is 14.4 Å². The maximum Gasteiger partial charge on any atom is 0.283 e. The van der Waals surface area contributed by atoms with Crippen LogP contribution in [0.4, 0.5) is 5.82 Å². The standard InChI is InChI=1S/C9H11N3OS.C8H11N3OS.C7H13NO/c1-2-6-3-4-7(11-5-6)12-9(13)8(10)14;1-11-3-2-5-6(4-11)13-8(10-5)7(9)12;1-7(9)8-5-3-2-4-6-8/h3-5H,2H2,1H3,(H2,10,14)(H,11,12,13);2-4H2,1H3,(H2,9,12);2-6H2,1H3. The average molecular weight is 534 g/mol. The Morgan fingerprint density at radius 3 is 2.33 bits per heavy atom. The number of aromatic nitrogens is 2. The van der Waals surface area contributed by atoms with E-state index in [1.807, 2.05) is 17.9 Å². The lowest BCUT2D eigenvalue weighted by Crippen LogP contribution is -2.33. The summed E-state index contributed by atoms with van der Waals surface area (Å²) < 4.78 is 0. The number of thiazole rings is 1. The lowest BCUT2D eigenvalue weighted by Gasteiger charge is -2.24. The first-order valence-corrected chi connectivity index (χ1v) is 13.1. The van der Waals surface area contributed by atoms with Gasteiger partial charge in [0.2, 0.25) is 5.91 Å². The fraction of sp³-hybridized carbons (Fsp3) is 0.500. The number of nitrogens with one attached hydrogen (secondary N) is 1. The zero-order valence-electron chi connectivity index (χ0n) is 21.1. The first kappa shape index (κ1) is 29.3. The van der Waals surface area contributed by atoms with Crippen LogP contribution in [-0.4, -0.2) is 69.2 Å². The van der Waals surface area contributed by atoms with Crippen molar-refractivity contribution in [2.75, 3.05) is 32.0 Å². The second-order valence-electron chi connectivity index (χ2n) is 8.53. The van der Waals surface area contributed by atoms with Crippen molar-refractivity contribution < 1.29 is 14.4 Å². The van der Waals surface area contributed by atoms with Crippen LogP contribution in [0.25, 0.3) is 0 Å². The summed E-state index contributed by atoms with van der Waals surface area (Å²) in [5, 5.41) is 2.92. The lowest BCUT2D eigenvalue weighted by atomic mass is 10.1. The first-order valence-electron chi connectivity index (χ1n) is 11.9. The molecule has 0 atom stereocenters. The molecular formula is C24H35N7O3S2. The number of rotatable bonds is 3. The van der Waals surface area contributed by atoms with Gasteiger partial charge in [0.1, 0.15) is 5.82 Å². The molecule has 3 amide bonds. The van der Waals surface area contributed by atoms with Crippen molar-refractivity contribution in [2.45, 2.75) is 52.5 Å². The normalized spacial score (nSPS) is 14.8. The highest BCUT2D eigenvalue weighted by Crippen LogP contribution is 2.23. The predicted molar refractivity (Wildman–Crippen MR) is 146 cm³/mol. The van der Waals surface area contributed by atoms with Crippen molar-refractivity contribution in [3.63, 3.8) is 0 Å². The van der Waals surface area contributed by atoms with Crippen molar-refractivity contribution in [1.29, 1.82) is 0 Å². The molecule has 0 spiro atoms. The van der Waals surface area contributed by atoms with E-state index in [4.69, 9.17) is 11.5 Å². The van der Waals surface area contributed by atoms with Gasteiger partial charge in [-0.05, 0) is 44.4 Å². The van der Waals surface area contributed by atoms with E-state index in [0.717, 1.165) is 50.3 Å². The molecule has 1 saturated heterocycles. The molecule has 10 nitrogen and oxygen atoms in total. The van der Waals surface area contributed by atoms with Crippen molar-refractivity contribution in [3.05, 3.63) is 39.5 Å². The molecule has 0 unspecified atom stereocenters. The molecule has 1 fully saturated rings. The largest absolute Gasteiger partial charge is 0.385 e. The Balaban J connectivity index is 0.000000195. The summed E-state index contributed by atoms with van der Waals surface area (Å²) in [6.07, 6.45) is 7.23. The van der Waals surface area contributed by atoms with Crippen LogP contribution in [0.5, 0.6) is 0 Å². The fourth-order valence-electron chi connectivity index (χ4n) is 3.52. The Hall–Kier alpha value is -2.96. The van der Waals surface area contributed by atoms with Gasteiger partial charge in [-0.1, -0.05) is 25.2 Å². The number of likely N-dealkylation sites (N-methyl/N-ethyl adjacent to an activating group) is 1. The molecule has 2 aromatic rings. The Morgan fingerprint density at radius 2 is 1.83 bits per heavy atom. The molecule has 4 rings (SSSR count). The van der Waals surface area contributed by atoms with E-state index in [1.54, 1.807) is 19.2 Å². The number of likely N-dealkylation sites (tertiary alicyclic amines) is 1. The number of anilines is 1. The zero-order chi connectivity index (χ0) is 26.7. The first-order chi connectivity index (χ1) is 17.1. The van der Waals surface area contributed by atoms with Crippen LogP contribution in [0.1, 0.15) is 59.0 Å². The van der Waals surface area contributed by atoms with Crippen LogP contribution in [-0.2, 0) is 29.0 Å². The lowest BCUT2D eigenvalue weighted by molar-refractivity contribution is -0.129. The SMILES string of the molecule is CC(=O)N1CCCCC1.CCc1ccc(NC(=O)C(N)=S)nc1.CN1CCc2nc(C(N)=O)sc2C1. The van der Waals surface area contributed by atoms with Crippen LogP contribution < -0.4 is 16.8 Å². The van der Waals surface area contributed by atoms with Gasteiger partial charge in [-0.2, -0.15) is 0 Å². The summed E-state index contributed by atoms with van der Waals surface area (Å²) in [7, 11) is 2.06. The number of hydrogen-bond acceptors (Lipinski definition) is 8. The summed E-state index contributed by atoms with van der Waals surface area (Å²) in [5.74, 6) is -0.214.